The number of carbonyl (C=O) groups excluding carboxylic acids is 2. The molecule has 5 rings (SSSR count). The van der Waals surface area contributed by atoms with Crippen molar-refractivity contribution in [1.82, 2.24) is 14.9 Å². The quantitative estimate of drug-likeness (QED) is 0.239. The van der Waals surface area contributed by atoms with Crippen LogP contribution in [0.15, 0.2) is 66.7 Å². The largest absolute Gasteiger partial charge is 0.486 e. The number of imidazole rings is 1. The zero-order chi connectivity index (χ0) is 28.4. The van der Waals surface area contributed by atoms with Gasteiger partial charge in [-0.25, -0.2) is 4.98 Å². The van der Waals surface area contributed by atoms with Crippen LogP contribution in [0.4, 0.5) is 10.5 Å². The molecule has 1 fully saturated rings. The predicted octanol–water partition coefficient (Wildman–Crippen LogP) is 6.46. The molecule has 0 bridgehead atoms. The first-order chi connectivity index (χ1) is 19.1. The van der Waals surface area contributed by atoms with Crippen molar-refractivity contribution in [3.05, 3.63) is 78.1 Å². The summed E-state index contributed by atoms with van der Waals surface area (Å²) < 4.78 is 13.5. The maximum Gasteiger partial charge on any atom is 0.286 e. The van der Waals surface area contributed by atoms with E-state index in [2.05, 4.69) is 43.1 Å². The monoisotopic (exact) mass is 558 g/mol. The maximum absolute atomic E-state index is 12.1. The van der Waals surface area contributed by atoms with Crippen LogP contribution in [0.1, 0.15) is 39.1 Å². The van der Waals surface area contributed by atoms with Crippen molar-refractivity contribution in [2.24, 2.45) is 7.05 Å². The minimum Gasteiger partial charge on any atom is -0.486 e. The van der Waals surface area contributed by atoms with E-state index in [0.29, 0.717) is 24.8 Å². The number of carbonyl (C=O) groups is 2. The number of imide groups is 1. The van der Waals surface area contributed by atoms with Gasteiger partial charge in [0.1, 0.15) is 34.4 Å². The number of amides is 2. The molecular weight excluding hydrogens is 524 g/mol. The lowest BCUT2D eigenvalue weighted by molar-refractivity contribution is -0.121. The average Bonchev–Trinajstić information content (AvgIpc) is 3.37. The molecule has 0 unspecified atom stereocenters. The summed E-state index contributed by atoms with van der Waals surface area (Å²) in [5, 5.41) is 2.06. The Hall–Kier alpha value is -3.98. The first-order valence-electron chi connectivity index (χ1n) is 13.4. The van der Waals surface area contributed by atoms with Gasteiger partial charge in [-0.05, 0) is 87.8 Å². The number of anilines is 1. The SMILES string of the molecule is CCN(c1cccc(Oc2ccc3nc(COc4ccc(C[C@@]5(C)SC(=O)NC5=O)cc4)n(C)c3c2)c1)C(C)C. The van der Waals surface area contributed by atoms with E-state index in [1.54, 1.807) is 6.92 Å². The summed E-state index contributed by atoms with van der Waals surface area (Å²) >= 11 is 1.04. The number of fused-ring (bicyclic) bond motifs is 1. The normalized spacial score (nSPS) is 16.9. The fourth-order valence-corrected chi connectivity index (χ4v) is 5.91. The number of aromatic nitrogens is 2. The molecule has 1 atom stereocenters. The zero-order valence-electron chi connectivity index (χ0n) is 23.4. The Morgan fingerprint density at radius 1 is 1.02 bits per heavy atom. The highest BCUT2D eigenvalue weighted by Gasteiger charge is 2.43. The Morgan fingerprint density at radius 3 is 2.42 bits per heavy atom. The molecule has 8 nitrogen and oxygen atoms in total. The highest BCUT2D eigenvalue weighted by Crippen LogP contribution is 2.35. The number of hydrogen-bond acceptors (Lipinski definition) is 7. The molecule has 0 aliphatic carbocycles. The molecule has 1 aliphatic heterocycles. The summed E-state index contributed by atoms with van der Waals surface area (Å²) in [6.07, 6.45) is 0.462. The summed E-state index contributed by atoms with van der Waals surface area (Å²) in [4.78, 5) is 30.8. The van der Waals surface area contributed by atoms with Crippen LogP contribution in [0.5, 0.6) is 17.2 Å². The first-order valence-corrected chi connectivity index (χ1v) is 14.2. The van der Waals surface area contributed by atoms with Crippen molar-refractivity contribution in [2.45, 2.75) is 51.5 Å². The second-order valence-electron chi connectivity index (χ2n) is 10.4. The Balaban J connectivity index is 1.25. The molecule has 1 saturated heterocycles. The lowest BCUT2D eigenvalue weighted by atomic mass is 9.99. The van der Waals surface area contributed by atoms with Crippen LogP contribution < -0.4 is 19.7 Å². The summed E-state index contributed by atoms with van der Waals surface area (Å²) in [6, 6.07) is 22.1. The average molecular weight is 559 g/mol. The van der Waals surface area contributed by atoms with Crippen molar-refractivity contribution >= 4 is 39.6 Å². The summed E-state index contributed by atoms with van der Waals surface area (Å²) in [5.41, 5.74) is 3.91. The van der Waals surface area contributed by atoms with E-state index < -0.39 is 4.75 Å². The van der Waals surface area contributed by atoms with Crippen molar-refractivity contribution in [1.29, 1.82) is 0 Å². The Labute approximate surface area is 238 Å². The minimum absolute atomic E-state index is 0.249. The second-order valence-corrected chi connectivity index (χ2v) is 11.9. The fraction of sp³-hybridized carbons (Fsp3) is 0.323. The molecule has 4 aromatic rings. The van der Waals surface area contributed by atoms with Crippen LogP contribution >= 0.6 is 11.8 Å². The topological polar surface area (TPSA) is 85.7 Å². The van der Waals surface area contributed by atoms with E-state index in [4.69, 9.17) is 14.5 Å². The van der Waals surface area contributed by atoms with Gasteiger partial charge in [-0.1, -0.05) is 18.2 Å². The second kappa shape index (κ2) is 11.3. The van der Waals surface area contributed by atoms with Gasteiger partial charge in [-0.2, -0.15) is 0 Å². The summed E-state index contributed by atoms with van der Waals surface area (Å²) in [7, 11) is 1.97. The fourth-order valence-electron chi connectivity index (χ4n) is 4.98. The molecule has 208 valence electrons. The lowest BCUT2D eigenvalue weighted by Gasteiger charge is -2.27. The lowest BCUT2D eigenvalue weighted by Crippen LogP contribution is -2.35. The molecular formula is C31H34N4O4S. The number of benzene rings is 3. The van der Waals surface area contributed by atoms with E-state index in [1.165, 1.54) is 0 Å². The van der Waals surface area contributed by atoms with Gasteiger partial charge in [0.05, 0.1) is 11.0 Å². The Morgan fingerprint density at radius 2 is 1.75 bits per heavy atom. The molecule has 40 heavy (non-hydrogen) atoms. The molecule has 2 heterocycles. The molecule has 0 saturated carbocycles. The number of ether oxygens (including phenoxy) is 2. The van der Waals surface area contributed by atoms with Crippen molar-refractivity contribution < 1.29 is 19.1 Å². The molecule has 1 aliphatic rings. The highest BCUT2D eigenvalue weighted by molar-refractivity contribution is 8.16. The number of nitrogens with one attached hydrogen (secondary N) is 1. The van der Waals surface area contributed by atoms with Crippen molar-refractivity contribution in [3.63, 3.8) is 0 Å². The van der Waals surface area contributed by atoms with Gasteiger partial charge in [-0.15, -0.1) is 0 Å². The summed E-state index contributed by atoms with van der Waals surface area (Å²) in [6.45, 7) is 9.54. The van der Waals surface area contributed by atoms with E-state index in [0.717, 1.165) is 57.9 Å². The smallest absolute Gasteiger partial charge is 0.286 e. The van der Waals surface area contributed by atoms with Crippen LogP contribution in [0.3, 0.4) is 0 Å². The van der Waals surface area contributed by atoms with Crippen LogP contribution in [-0.2, 0) is 24.9 Å². The number of thioether (sulfide) groups is 1. The van der Waals surface area contributed by atoms with Gasteiger partial charge >= 0.3 is 0 Å². The third-order valence-corrected chi connectivity index (χ3v) is 8.21. The molecule has 9 heteroatoms. The van der Waals surface area contributed by atoms with Crippen LogP contribution in [0, 0.1) is 0 Å². The first kappa shape index (κ1) is 27.6. The van der Waals surface area contributed by atoms with Gasteiger partial charge in [0, 0.05) is 37.5 Å². The number of aryl methyl sites for hydroxylation is 1. The molecule has 0 spiro atoms. The van der Waals surface area contributed by atoms with Crippen LogP contribution in [-0.4, -0.2) is 38.0 Å². The predicted molar refractivity (Wildman–Crippen MR) is 159 cm³/mol. The van der Waals surface area contributed by atoms with Crippen molar-refractivity contribution in [3.8, 4) is 17.2 Å². The van der Waals surface area contributed by atoms with Gasteiger partial charge in [0.2, 0.25) is 5.91 Å². The van der Waals surface area contributed by atoms with Gasteiger partial charge < -0.3 is 18.9 Å². The molecule has 3 aromatic carbocycles. The minimum atomic E-state index is -0.790. The number of rotatable bonds is 10. The Bertz CT molecular complexity index is 1550. The standard InChI is InChI=1S/C31H34N4O4S/c1-6-35(20(2)3)22-8-7-9-24(16-22)39-25-14-15-26-27(17-25)34(5)28(32-26)19-38-23-12-10-21(11-13-23)18-31(4)29(36)33-30(37)40-31/h7-17,20H,6,18-19H2,1-5H3,(H,33,36,37)/t31-/m1/s1. The van der Waals surface area contributed by atoms with Crippen molar-refractivity contribution in [2.75, 3.05) is 11.4 Å². The van der Waals surface area contributed by atoms with E-state index in [-0.39, 0.29) is 11.1 Å². The molecule has 2 amide bonds. The van der Waals surface area contributed by atoms with Gasteiger partial charge in [0.15, 0.2) is 0 Å². The van der Waals surface area contributed by atoms with Gasteiger partial charge in [-0.3, -0.25) is 14.9 Å². The summed E-state index contributed by atoms with van der Waals surface area (Å²) in [5.74, 6) is 2.78. The number of hydrogen-bond donors (Lipinski definition) is 1. The third-order valence-electron chi connectivity index (χ3n) is 7.14. The van der Waals surface area contributed by atoms with Gasteiger partial charge in [0.25, 0.3) is 5.24 Å². The van der Waals surface area contributed by atoms with E-state index >= 15 is 0 Å². The molecule has 1 N–H and O–H groups in total. The van der Waals surface area contributed by atoms with Crippen LogP contribution in [0.25, 0.3) is 11.0 Å². The third kappa shape index (κ3) is 5.79. The number of nitrogens with zero attached hydrogens (tertiary/aromatic N) is 3. The Kier molecular flexibility index (Phi) is 7.76. The maximum atomic E-state index is 12.1. The van der Waals surface area contributed by atoms with E-state index in [9.17, 15) is 9.59 Å². The van der Waals surface area contributed by atoms with E-state index in [1.807, 2.05) is 66.2 Å². The highest BCUT2D eigenvalue weighted by atomic mass is 32.2. The molecule has 1 aromatic heterocycles. The molecule has 0 radical (unpaired) electrons. The van der Waals surface area contributed by atoms with Crippen LogP contribution in [0.2, 0.25) is 0 Å². The zero-order valence-corrected chi connectivity index (χ0v) is 24.2.